The summed E-state index contributed by atoms with van der Waals surface area (Å²) < 4.78 is 0. The monoisotopic (exact) mass is 164 g/mol. The zero-order valence-corrected chi connectivity index (χ0v) is 6.80. The van der Waals surface area contributed by atoms with Gasteiger partial charge in [-0.05, 0) is 13.8 Å². The normalized spacial score (nSPS) is 10.8. The van der Waals surface area contributed by atoms with Crippen LogP contribution in [0.1, 0.15) is 11.4 Å². The molecule has 0 radical (unpaired) electrons. The molecule has 0 aliphatic carbocycles. The van der Waals surface area contributed by atoms with Crippen LogP contribution < -0.4 is 5.56 Å². The van der Waals surface area contributed by atoms with E-state index in [1.807, 2.05) is 13.8 Å². The summed E-state index contributed by atoms with van der Waals surface area (Å²) in [6.07, 6.45) is 0. The third-order valence-corrected chi connectivity index (χ3v) is 1.82. The molecule has 2 aromatic rings. The van der Waals surface area contributed by atoms with Crippen LogP contribution in [0.2, 0.25) is 0 Å². The summed E-state index contributed by atoms with van der Waals surface area (Å²) in [6, 6.07) is 0. The molecular formula is C7H8N4O. The zero-order valence-electron chi connectivity index (χ0n) is 6.80. The van der Waals surface area contributed by atoms with Gasteiger partial charge in [0, 0.05) is 0 Å². The Kier molecular flexibility index (Phi) is 1.27. The third kappa shape index (κ3) is 0.827. The number of nitrogens with one attached hydrogen (secondary N) is 2. The first-order chi connectivity index (χ1) is 5.68. The standard InChI is InChI=1S/C7H8N4O/c1-3-4(2)9-6-5(8-3)7(12)11-10-6/h1-2H3,(H2,9,10,11,12). The average molecular weight is 164 g/mol. The van der Waals surface area contributed by atoms with Crippen LogP contribution in [-0.4, -0.2) is 20.2 Å². The molecule has 2 heterocycles. The van der Waals surface area contributed by atoms with Crippen molar-refractivity contribution in [1.82, 2.24) is 20.2 Å². The van der Waals surface area contributed by atoms with Gasteiger partial charge in [-0.3, -0.25) is 15.0 Å². The summed E-state index contributed by atoms with van der Waals surface area (Å²) in [5.74, 6) is 0. The molecule has 2 N–H and O–H groups in total. The Morgan fingerprint density at radius 1 is 1.08 bits per heavy atom. The van der Waals surface area contributed by atoms with E-state index in [1.165, 1.54) is 0 Å². The summed E-state index contributed by atoms with van der Waals surface area (Å²) in [5.41, 5.74) is 2.28. The second-order valence-corrected chi connectivity index (χ2v) is 2.67. The highest BCUT2D eigenvalue weighted by atomic mass is 16.1. The zero-order chi connectivity index (χ0) is 8.72. The van der Waals surface area contributed by atoms with E-state index in [2.05, 4.69) is 20.2 Å². The molecular weight excluding hydrogens is 156 g/mol. The number of aryl methyl sites for hydroxylation is 2. The number of nitrogens with zero attached hydrogens (tertiary/aromatic N) is 2. The van der Waals surface area contributed by atoms with Gasteiger partial charge in [-0.2, -0.15) is 0 Å². The maximum Gasteiger partial charge on any atom is 0.292 e. The van der Waals surface area contributed by atoms with E-state index in [0.717, 1.165) is 11.4 Å². The number of fused-ring (bicyclic) bond motifs is 1. The molecule has 5 nitrogen and oxygen atoms in total. The molecule has 0 bridgehead atoms. The van der Waals surface area contributed by atoms with Crippen LogP contribution in [0.5, 0.6) is 0 Å². The van der Waals surface area contributed by atoms with E-state index in [9.17, 15) is 4.79 Å². The van der Waals surface area contributed by atoms with E-state index in [0.29, 0.717) is 11.2 Å². The molecule has 62 valence electrons. The van der Waals surface area contributed by atoms with Crippen molar-refractivity contribution in [2.24, 2.45) is 0 Å². The van der Waals surface area contributed by atoms with Gasteiger partial charge in [0.2, 0.25) is 0 Å². The number of hydrogen-bond donors (Lipinski definition) is 2. The van der Waals surface area contributed by atoms with Crippen molar-refractivity contribution >= 4 is 11.2 Å². The molecule has 0 atom stereocenters. The Balaban J connectivity index is 2.97. The van der Waals surface area contributed by atoms with Gasteiger partial charge in [-0.15, -0.1) is 0 Å². The Hall–Kier alpha value is -1.65. The fourth-order valence-corrected chi connectivity index (χ4v) is 1.02. The Morgan fingerprint density at radius 2 is 1.75 bits per heavy atom. The van der Waals surface area contributed by atoms with Crippen LogP contribution in [0.15, 0.2) is 4.79 Å². The highest BCUT2D eigenvalue weighted by molar-refractivity contribution is 5.68. The summed E-state index contributed by atoms with van der Waals surface area (Å²) in [7, 11) is 0. The lowest BCUT2D eigenvalue weighted by Crippen LogP contribution is -2.01. The first kappa shape index (κ1) is 7.02. The minimum Gasteiger partial charge on any atom is -0.280 e. The van der Waals surface area contributed by atoms with Crippen molar-refractivity contribution in [3.8, 4) is 0 Å². The average Bonchev–Trinajstić information content (AvgIpc) is 2.35. The van der Waals surface area contributed by atoms with Crippen molar-refractivity contribution < 1.29 is 0 Å². The third-order valence-electron chi connectivity index (χ3n) is 1.82. The molecule has 0 amide bonds. The minimum atomic E-state index is -0.222. The lowest BCUT2D eigenvalue weighted by atomic mass is 10.3. The van der Waals surface area contributed by atoms with Crippen LogP contribution >= 0.6 is 0 Å². The highest BCUT2D eigenvalue weighted by Crippen LogP contribution is 2.04. The lowest BCUT2D eigenvalue weighted by Gasteiger charge is -1.95. The molecule has 2 rings (SSSR count). The van der Waals surface area contributed by atoms with Crippen LogP contribution in [0.4, 0.5) is 0 Å². The van der Waals surface area contributed by atoms with Gasteiger partial charge in [0.15, 0.2) is 11.2 Å². The van der Waals surface area contributed by atoms with Crippen LogP contribution in [0.25, 0.3) is 11.2 Å². The topological polar surface area (TPSA) is 74.4 Å². The van der Waals surface area contributed by atoms with Gasteiger partial charge in [-0.25, -0.2) is 9.97 Å². The van der Waals surface area contributed by atoms with Crippen molar-refractivity contribution in [1.29, 1.82) is 0 Å². The molecule has 0 saturated heterocycles. The molecule has 0 spiro atoms. The van der Waals surface area contributed by atoms with Gasteiger partial charge in [0.05, 0.1) is 11.4 Å². The quantitative estimate of drug-likeness (QED) is 0.586. The van der Waals surface area contributed by atoms with Gasteiger partial charge in [0.25, 0.3) is 5.56 Å². The predicted molar refractivity (Wildman–Crippen MR) is 44.0 cm³/mol. The smallest absolute Gasteiger partial charge is 0.280 e. The minimum absolute atomic E-state index is 0.222. The first-order valence-corrected chi connectivity index (χ1v) is 3.60. The summed E-state index contributed by atoms with van der Waals surface area (Å²) >= 11 is 0. The largest absolute Gasteiger partial charge is 0.292 e. The van der Waals surface area contributed by atoms with E-state index in [1.54, 1.807) is 0 Å². The van der Waals surface area contributed by atoms with Crippen LogP contribution in [0.3, 0.4) is 0 Å². The summed E-state index contributed by atoms with van der Waals surface area (Å²) in [4.78, 5) is 19.3. The van der Waals surface area contributed by atoms with Crippen molar-refractivity contribution in [3.63, 3.8) is 0 Å². The van der Waals surface area contributed by atoms with Crippen LogP contribution in [0, 0.1) is 13.8 Å². The van der Waals surface area contributed by atoms with Gasteiger partial charge in [-0.1, -0.05) is 0 Å². The SMILES string of the molecule is Cc1nc2[nH][nH]c(=O)c2nc1C. The number of H-pyrrole nitrogens is 2. The number of aromatic nitrogens is 4. The van der Waals surface area contributed by atoms with Crippen molar-refractivity contribution in [2.75, 3.05) is 0 Å². The summed E-state index contributed by atoms with van der Waals surface area (Å²) in [5, 5.41) is 5.07. The number of aromatic amines is 2. The molecule has 0 saturated carbocycles. The van der Waals surface area contributed by atoms with Crippen LogP contribution in [-0.2, 0) is 0 Å². The molecule has 2 aromatic heterocycles. The number of rotatable bonds is 0. The predicted octanol–water partition coefficient (Wildman–Crippen LogP) is 0.263. The molecule has 0 fully saturated rings. The fraction of sp³-hybridized carbons (Fsp3) is 0.286. The van der Waals surface area contributed by atoms with E-state index >= 15 is 0 Å². The van der Waals surface area contributed by atoms with Crippen molar-refractivity contribution in [2.45, 2.75) is 13.8 Å². The first-order valence-electron chi connectivity index (χ1n) is 3.60. The maximum atomic E-state index is 11.1. The number of hydrogen-bond acceptors (Lipinski definition) is 3. The lowest BCUT2D eigenvalue weighted by molar-refractivity contribution is 1.05. The van der Waals surface area contributed by atoms with Gasteiger partial charge >= 0.3 is 0 Å². The molecule has 0 unspecified atom stereocenters. The highest BCUT2D eigenvalue weighted by Gasteiger charge is 2.05. The van der Waals surface area contributed by atoms with E-state index < -0.39 is 0 Å². The van der Waals surface area contributed by atoms with Crippen molar-refractivity contribution in [3.05, 3.63) is 21.7 Å². The summed E-state index contributed by atoms with van der Waals surface area (Å²) in [6.45, 7) is 3.68. The fourth-order valence-electron chi connectivity index (χ4n) is 1.02. The molecule has 0 aliphatic rings. The Labute approximate surface area is 67.8 Å². The molecule has 0 aliphatic heterocycles. The van der Waals surface area contributed by atoms with Gasteiger partial charge < -0.3 is 0 Å². The molecule has 12 heavy (non-hydrogen) atoms. The van der Waals surface area contributed by atoms with Gasteiger partial charge in [0.1, 0.15) is 0 Å². The Morgan fingerprint density at radius 3 is 2.50 bits per heavy atom. The van der Waals surface area contributed by atoms with E-state index in [-0.39, 0.29) is 5.56 Å². The van der Waals surface area contributed by atoms with E-state index in [4.69, 9.17) is 0 Å². The molecule has 0 aromatic carbocycles. The second kappa shape index (κ2) is 2.17. The second-order valence-electron chi connectivity index (χ2n) is 2.67. The maximum absolute atomic E-state index is 11.1. The molecule has 5 heteroatoms. The Bertz CT molecular complexity index is 482.